The van der Waals surface area contributed by atoms with Crippen molar-refractivity contribution in [2.24, 2.45) is 0 Å². The summed E-state index contributed by atoms with van der Waals surface area (Å²) in [6, 6.07) is 2.84. The second kappa shape index (κ2) is 6.55. The van der Waals surface area contributed by atoms with E-state index in [4.69, 9.17) is 28.3 Å². The number of aliphatic hydroxyl groups is 1. The van der Waals surface area contributed by atoms with E-state index in [9.17, 15) is 8.42 Å². The molecule has 21 heavy (non-hydrogen) atoms. The summed E-state index contributed by atoms with van der Waals surface area (Å²) < 4.78 is 26.8. The van der Waals surface area contributed by atoms with Gasteiger partial charge in [0.2, 0.25) is 10.0 Å². The predicted octanol–water partition coefficient (Wildman–Crippen LogP) is 2.51. The van der Waals surface area contributed by atoms with E-state index in [1.807, 2.05) is 6.92 Å². The Balaban J connectivity index is 2.49. The zero-order valence-electron chi connectivity index (χ0n) is 11.4. The molecule has 0 amide bonds. The first-order chi connectivity index (χ1) is 9.87. The van der Waals surface area contributed by atoms with Crippen molar-refractivity contribution in [2.75, 3.05) is 13.2 Å². The third-order valence-corrected chi connectivity index (χ3v) is 6.30. The average molecular weight is 348 g/mol. The lowest BCUT2D eigenvalue weighted by Crippen LogP contribution is -2.34. The quantitative estimate of drug-likeness (QED) is 0.836. The maximum atomic E-state index is 12.7. The van der Waals surface area contributed by atoms with Crippen molar-refractivity contribution >= 4 is 33.2 Å². The molecule has 0 radical (unpaired) electrons. The molecule has 1 heterocycles. The molecule has 1 fully saturated rings. The molecule has 4 nitrogen and oxygen atoms in total. The number of nitrogens with zero attached hydrogens (tertiary/aromatic N) is 1. The second-order valence-electron chi connectivity index (χ2n) is 4.84. The van der Waals surface area contributed by atoms with Gasteiger partial charge in [0.1, 0.15) is 11.5 Å². The molecule has 114 valence electrons. The third-order valence-electron chi connectivity index (χ3n) is 3.37. The third kappa shape index (κ3) is 3.36. The van der Waals surface area contributed by atoms with Gasteiger partial charge in [-0.25, -0.2) is 8.42 Å². The van der Waals surface area contributed by atoms with Crippen molar-refractivity contribution in [1.82, 2.24) is 4.31 Å². The Morgan fingerprint density at radius 3 is 2.48 bits per heavy atom. The van der Waals surface area contributed by atoms with Gasteiger partial charge in [0.05, 0.1) is 10.0 Å². The Hall–Kier alpha value is -0.770. The maximum absolute atomic E-state index is 12.7. The van der Waals surface area contributed by atoms with E-state index >= 15 is 0 Å². The fourth-order valence-corrected chi connectivity index (χ4v) is 5.27. The van der Waals surface area contributed by atoms with Crippen LogP contribution in [0.25, 0.3) is 0 Å². The monoisotopic (exact) mass is 347 g/mol. The lowest BCUT2D eigenvalue weighted by Gasteiger charge is -2.22. The Morgan fingerprint density at radius 2 is 2.00 bits per heavy atom. The van der Waals surface area contributed by atoms with Gasteiger partial charge in [0, 0.05) is 18.2 Å². The van der Waals surface area contributed by atoms with Crippen LogP contribution in [0.4, 0.5) is 0 Å². The molecule has 1 aromatic rings. The summed E-state index contributed by atoms with van der Waals surface area (Å²) in [5.74, 6) is 5.12. The lowest BCUT2D eigenvalue weighted by molar-refractivity contribution is 0.350. The highest BCUT2D eigenvalue weighted by molar-refractivity contribution is 7.89. The lowest BCUT2D eigenvalue weighted by atomic mass is 10.2. The van der Waals surface area contributed by atoms with Crippen molar-refractivity contribution in [3.8, 4) is 11.8 Å². The summed E-state index contributed by atoms with van der Waals surface area (Å²) in [6.45, 7) is 2.05. The highest BCUT2D eigenvalue weighted by Gasteiger charge is 2.35. The molecule has 1 aliphatic heterocycles. The second-order valence-corrected chi connectivity index (χ2v) is 7.48. The smallest absolute Gasteiger partial charge is 0.246 e. The molecule has 1 aromatic carbocycles. The molecule has 1 saturated heterocycles. The Labute approximate surface area is 134 Å². The molecule has 1 unspecified atom stereocenters. The van der Waals surface area contributed by atoms with Crippen molar-refractivity contribution < 1.29 is 13.5 Å². The van der Waals surface area contributed by atoms with Crippen LogP contribution in [-0.4, -0.2) is 37.0 Å². The minimum Gasteiger partial charge on any atom is -0.384 e. The van der Waals surface area contributed by atoms with Gasteiger partial charge in [-0.1, -0.05) is 35.0 Å². The molecule has 0 bridgehead atoms. The number of hydrogen-bond donors (Lipinski definition) is 1. The predicted molar refractivity (Wildman–Crippen MR) is 83.0 cm³/mol. The molecular formula is C14H15Cl2NO3S. The van der Waals surface area contributed by atoms with Crippen LogP contribution in [0.5, 0.6) is 0 Å². The number of aliphatic hydroxyl groups excluding tert-OH is 1. The molecular weight excluding hydrogens is 333 g/mol. The standard InChI is InChI=1S/C14H15Cl2NO3S/c1-10-4-2-6-17(10)21(19,20)14-12(15)8-11(5-3-7-18)9-13(14)16/h8-10,18H,2,4,6-7H2,1H3. The highest BCUT2D eigenvalue weighted by Crippen LogP contribution is 2.35. The zero-order valence-corrected chi connectivity index (χ0v) is 13.8. The van der Waals surface area contributed by atoms with Gasteiger partial charge in [-0.15, -0.1) is 0 Å². The van der Waals surface area contributed by atoms with Crippen molar-refractivity contribution in [3.05, 3.63) is 27.7 Å². The van der Waals surface area contributed by atoms with E-state index in [0.717, 1.165) is 12.8 Å². The maximum Gasteiger partial charge on any atom is 0.246 e. The summed E-state index contributed by atoms with van der Waals surface area (Å²) in [5.41, 5.74) is 0.465. The Morgan fingerprint density at radius 1 is 1.38 bits per heavy atom. The van der Waals surface area contributed by atoms with Crippen LogP contribution < -0.4 is 0 Å². The van der Waals surface area contributed by atoms with Crippen molar-refractivity contribution in [2.45, 2.75) is 30.7 Å². The molecule has 1 atom stereocenters. The van der Waals surface area contributed by atoms with Gasteiger partial charge < -0.3 is 5.11 Å². The summed E-state index contributed by atoms with van der Waals surface area (Å²) in [6.07, 6.45) is 1.66. The topological polar surface area (TPSA) is 57.6 Å². The Bertz CT molecular complexity index is 684. The molecule has 0 aliphatic carbocycles. The summed E-state index contributed by atoms with van der Waals surface area (Å²) in [7, 11) is -3.71. The van der Waals surface area contributed by atoms with Crippen LogP contribution >= 0.6 is 23.2 Å². The normalized spacial score (nSPS) is 19.3. The van der Waals surface area contributed by atoms with Crippen LogP contribution in [0.15, 0.2) is 17.0 Å². The van der Waals surface area contributed by atoms with Gasteiger partial charge in [0.15, 0.2) is 0 Å². The number of halogens is 2. The summed E-state index contributed by atoms with van der Waals surface area (Å²) in [4.78, 5) is -0.0749. The number of benzene rings is 1. The minimum absolute atomic E-state index is 0.0452. The van der Waals surface area contributed by atoms with E-state index in [2.05, 4.69) is 11.8 Å². The first-order valence-corrected chi connectivity index (χ1v) is 8.68. The molecule has 2 rings (SSSR count). The zero-order chi connectivity index (χ0) is 15.6. The van der Waals surface area contributed by atoms with Gasteiger partial charge in [-0.05, 0) is 31.9 Å². The van der Waals surface area contributed by atoms with E-state index in [1.54, 1.807) is 0 Å². The number of hydrogen-bond acceptors (Lipinski definition) is 3. The Kier molecular flexibility index (Phi) is 5.18. The van der Waals surface area contributed by atoms with Crippen molar-refractivity contribution in [1.29, 1.82) is 0 Å². The highest BCUT2D eigenvalue weighted by atomic mass is 35.5. The van der Waals surface area contributed by atoms with E-state index in [1.165, 1.54) is 16.4 Å². The van der Waals surface area contributed by atoms with Crippen LogP contribution in [0.2, 0.25) is 10.0 Å². The SMILES string of the molecule is CC1CCCN1S(=O)(=O)c1c(Cl)cc(C#CCO)cc1Cl. The van der Waals surface area contributed by atoms with E-state index in [0.29, 0.717) is 12.1 Å². The first-order valence-electron chi connectivity index (χ1n) is 6.48. The van der Waals surface area contributed by atoms with Crippen molar-refractivity contribution in [3.63, 3.8) is 0 Å². The fourth-order valence-electron chi connectivity index (χ4n) is 2.40. The number of rotatable bonds is 2. The molecule has 0 spiro atoms. The van der Waals surface area contributed by atoms with E-state index < -0.39 is 10.0 Å². The molecule has 1 aliphatic rings. The van der Waals surface area contributed by atoms with Crippen LogP contribution in [0.1, 0.15) is 25.3 Å². The molecule has 7 heteroatoms. The van der Waals surface area contributed by atoms with Gasteiger partial charge in [-0.2, -0.15) is 4.31 Å². The van der Waals surface area contributed by atoms with Gasteiger partial charge in [0.25, 0.3) is 0 Å². The van der Waals surface area contributed by atoms with Crippen LogP contribution in [0.3, 0.4) is 0 Å². The fraction of sp³-hybridized carbons (Fsp3) is 0.429. The van der Waals surface area contributed by atoms with Crippen LogP contribution in [0, 0.1) is 11.8 Å². The minimum atomic E-state index is -3.71. The molecule has 0 aromatic heterocycles. The van der Waals surface area contributed by atoms with Gasteiger partial charge in [-0.3, -0.25) is 0 Å². The number of sulfonamides is 1. The molecule has 0 saturated carbocycles. The average Bonchev–Trinajstić information content (AvgIpc) is 2.82. The summed E-state index contributed by atoms with van der Waals surface area (Å²) in [5, 5.41) is 8.77. The van der Waals surface area contributed by atoms with Gasteiger partial charge >= 0.3 is 0 Å². The largest absolute Gasteiger partial charge is 0.384 e. The first kappa shape index (κ1) is 16.6. The molecule has 1 N–H and O–H groups in total. The summed E-state index contributed by atoms with van der Waals surface area (Å²) >= 11 is 12.2. The van der Waals surface area contributed by atoms with E-state index in [-0.39, 0.29) is 27.6 Å². The van der Waals surface area contributed by atoms with Crippen LogP contribution in [-0.2, 0) is 10.0 Å².